The fourth-order valence-electron chi connectivity index (χ4n) is 3.00. The van der Waals surface area contributed by atoms with Gasteiger partial charge in [-0.25, -0.2) is 13.1 Å². The highest BCUT2D eigenvalue weighted by Gasteiger charge is 2.31. The Morgan fingerprint density at radius 3 is 2.31 bits per heavy atom. The van der Waals surface area contributed by atoms with Gasteiger partial charge in [-0.15, -0.1) is 10.2 Å². The normalized spacial score (nSPS) is 13.1. The summed E-state index contributed by atoms with van der Waals surface area (Å²) in [6, 6.07) is 9.05. The van der Waals surface area contributed by atoms with Gasteiger partial charge < -0.3 is 8.98 Å². The Hall–Kier alpha value is -2.45. The number of hydrogen-bond donors (Lipinski definition) is 1. The third kappa shape index (κ3) is 3.17. The minimum atomic E-state index is -3.81. The van der Waals surface area contributed by atoms with Crippen LogP contribution in [0.1, 0.15) is 35.8 Å². The fourth-order valence-corrected chi connectivity index (χ4v) is 4.75. The highest BCUT2D eigenvalue weighted by Crippen LogP contribution is 2.35. The van der Waals surface area contributed by atoms with E-state index < -0.39 is 10.0 Å². The monoisotopic (exact) mass is 374 g/mol. The molecular weight excluding hydrogens is 352 g/mol. The Morgan fingerprint density at radius 1 is 1.08 bits per heavy atom. The molecule has 0 radical (unpaired) electrons. The molecule has 0 unspecified atom stereocenters. The van der Waals surface area contributed by atoms with Crippen molar-refractivity contribution in [2.45, 2.75) is 38.6 Å². The molecule has 3 aromatic rings. The van der Waals surface area contributed by atoms with Gasteiger partial charge in [0.25, 0.3) is 5.89 Å². The minimum Gasteiger partial charge on any atom is -0.421 e. The zero-order valence-corrected chi connectivity index (χ0v) is 16.3. The third-order valence-electron chi connectivity index (χ3n) is 4.56. The molecule has 1 atom stereocenters. The van der Waals surface area contributed by atoms with Gasteiger partial charge in [-0.05, 0) is 26.3 Å². The van der Waals surface area contributed by atoms with E-state index in [9.17, 15) is 8.42 Å². The maximum absolute atomic E-state index is 13.2. The molecule has 3 rings (SSSR count). The van der Waals surface area contributed by atoms with Gasteiger partial charge in [-0.1, -0.05) is 30.3 Å². The average Bonchev–Trinajstić information content (AvgIpc) is 3.12. The largest absolute Gasteiger partial charge is 0.421 e. The summed E-state index contributed by atoms with van der Waals surface area (Å²) in [5.74, 6) is 0.589. The number of benzene rings is 1. The summed E-state index contributed by atoms with van der Waals surface area (Å²) in [7, 11) is -1.99. The number of aryl methyl sites for hydroxylation is 1. The van der Waals surface area contributed by atoms with E-state index >= 15 is 0 Å². The number of aromatic nitrogens is 3. The van der Waals surface area contributed by atoms with Crippen molar-refractivity contribution < 1.29 is 12.8 Å². The molecule has 8 heteroatoms. The number of hydrogen-bond acceptors (Lipinski definition) is 5. The van der Waals surface area contributed by atoms with Gasteiger partial charge in [-0.3, -0.25) is 0 Å². The standard InChI is InChI=1S/C18H22N4O3S/c1-11(15-9-7-6-8-10-15)21-26(23,24)17-13(3)22(5)12(2)16(17)18-20-19-14(4)25-18/h6-11,21H,1-5H3/t11-/m1/s1. The molecule has 26 heavy (non-hydrogen) atoms. The van der Waals surface area contributed by atoms with Crippen molar-refractivity contribution in [1.29, 1.82) is 0 Å². The topological polar surface area (TPSA) is 90.0 Å². The van der Waals surface area contributed by atoms with Crippen LogP contribution in [0.25, 0.3) is 11.5 Å². The van der Waals surface area contributed by atoms with Crippen LogP contribution in [0.5, 0.6) is 0 Å². The van der Waals surface area contributed by atoms with Gasteiger partial charge in [0.2, 0.25) is 15.9 Å². The van der Waals surface area contributed by atoms with Crippen LogP contribution >= 0.6 is 0 Å². The van der Waals surface area contributed by atoms with Gasteiger partial charge in [0.1, 0.15) is 4.90 Å². The van der Waals surface area contributed by atoms with E-state index in [1.165, 1.54) is 0 Å². The Labute approximate surface area is 153 Å². The van der Waals surface area contributed by atoms with Gasteiger partial charge in [0.15, 0.2) is 0 Å². The molecular formula is C18H22N4O3S. The Kier molecular flexibility index (Phi) is 4.72. The van der Waals surface area contributed by atoms with Crippen molar-refractivity contribution in [3.8, 4) is 11.5 Å². The first-order chi connectivity index (χ1) is 12.2. The lowest BCUT2D eigenvalue weighted by Crippen LogP contribution is -2.27. The van der Waals surface area contributed by atoms with Crippen LogP contribution in [-0.2, 0) is 17.1 Å². The molecule has 0 saturated heterocycles. The van der Waals surface area contributed by atoms with Crippen LogP contribution in [0.2, 0.25) is 0 Å². The number of rotatable bonds is 5. The van der Waals surface area contributed by atoms with Gasteiger partial charge in [0, 0.05) is 31.4 Å². The second-order valence-corrected chi connectivity index (χ2v) is 7.96. The van der Waals surface area contributed by atoms with Crippen LogP contribution in [0, 0.1) is 20.8 Å². The van der Waals surface area contributed by atoms with Crippen molar-refractivity contribution in [1.82, 2.24) is 19.5 Å². The van der Waals surface area contributed by atoms with Gasteiger partial charge >= 0.3 is 0 Å². The van der Waals surface area contributed by atoms with E-state index in [-0.39, 0.29) is 16.8 Å². The van der Waals surface area contributed by atoms with Crippen LogP contribution in [-0.4, -0.2) is 23.2 Å². The van der Waals surface area contributed by atoms with Crippen molar-refractivity contribution in [3.05, 3.63) is 53.2 Å². The molecule has 1 N–H and O–H groups in total. The summed E-state index contributed by atoms with van der Waals surface area (Å²) in [4.78, 5) is 0.170. The molecule has 2 aromatic heterocycles. The summed E-state index contributed by atoms with van der Waals surface area (Å²) >= 11 is 0. The second kappa shape index (κ2) is 6.69. The van der Waals surface area contributed by atoms with E-state index in [4.69, 9.17) is 4.42 Å². The summed E-state index contributed by atoms with van der Waals surface area (Å²) in [5, 5.41) is 7.85. The molecule has 2 heterocycles. The summed E-state index contributed by atoms with van der Waals surface area (Å²) < 4.78 is 36.5. The van der Waals surface area contributed by atoms with Crippen molar-refractivity contribution >= 4 is 10.0 Å². The molecule has 0 amide bonds. The zero-order valence-electron chi connectivity index (χ0n) is 15.4. The molecule has 0 bridgehead atoms. The first kappa shape index (κ1) is 18.3. The summed E-state index contributed by atoms with van der Waals surface area (Å²) in [5.41, 5.74) is 2.69. The molecule has 0 spiro atoms. The Bertz CT molecular complexity index is 1040. The lowest BCUT2D eigenvalue weighted by Gasteiger charge is -2.15. The van der Waals surface area contributed by atoms with Crippen LogP contribution < -0.4 is 4.72 Å². The van der Waals surface area contributed by atoms with Gasteiger partial charge in [0.05, 0.1) is 5.56 Å². The number of nitrogens with zero attached hydrogens (tertiary/aromatic N) is 3. The van der Waals surface area contributed by atoms with Crippen LogP contribution in [0.3, 0.4) is 0 Å². The molecule has 0 aliphatic rings. The predicted octanol–water partition coefficient (Wildman–Crippen LogP) is 3.04. The molecule has 0 saturated carbocycles. The first-order valence-corrected chi connectivity index (χ1v) is 9.74. The van der Waals surface area contributed by atoms with Gasteiger partial charge in [-0.2, -0.15) is 0 Å². The highest BCUT2D eigenvalue weighted by molar-refractivity contribution is 7.89. The van der Waals surface area contributed by atoms with Crippen molar-refractivity contribution in [2.75, 3.05) is 0 Å². The molecule has 1 aromatic carbocycles. The molecule has 0 aliphatic heterocycles. The lowest BCUT2D eigenvalue weighted by atomic mass is 10.1. The number of sulfonamides is 1. The molecule has 138 valence electrons. The highest BCUT2D eigenvalue weighted by atomic mass is 32.2. The van der Waals surface area contributed by atoms with Crippen LogP contribution in [0.4, 0.5) is 0 Å². The quantitative estimate of drug-likeness (QED) is 0.741. The fraction of sp³-hybridized carbons (Fsp3) is 0.333. The SMILES string of the molecule is Cc1nnc(-c2c(S(=O)(=O)N[C@H](C)c3ccccc3)c(C)n(C)c2C)o1. The average molecular weight is 374 g/mol. The molecule has 7 nitrogen and oxygen atoms in total. The Balaban J connectivity index is 2.09. The van der Waals surface area contributed by atoms with E-state index in [0.717, 1.165) is 11.3 Å². The molecule has 0 fully saturated rings. The van der Waals surface area contributed by atoms with Crippen LogP contribution in [0.15, 0.2) is 39.6 Å². The van der Waals surface area contributed by atoms with Crippen molar-refractivity contribution in [3.63, 3.8) is 0 Å². The number of nitrogens with one attached hydrogen (secondary N) is 1. The predicted molar refractivity (Wildman–Crippen MR) is 98.1 cm³/mol. The van der Waals surface area contributed by atoms with E-state index in [1.54, 1.807) is 13.8 Å². The zero-order chi connectivity index (χ0) is 19.1. The smallest absolute Gasteiger partial charge is 0.250 e. The lowest BCUT2D eigenvalue weighted by molar-refractivity contribution is 0.529. The maximum atomic E-state index is 13.2. The first-order valence-electron chi connectivity index (χ1n) is 8.26. The van der Waals surface area contributed by atoms with E-state index in [0.29, 0.717) is 17.1 Å². The Morgan fingerprint density at radius 2 is 1.73 bits per heavy atom. The maximum Gasteiger partial charge on any atom is 0.250 e. The summed E-state index contributed by atoms with van der Waals surface area (Å²) in [6.07, 6.45) is 0. The second-order valence-electron chi connectivity index (χ2n) is 6.31. The third-order valence-corrected chi connectivity index (χ3v) is 6.26. The minimum absolute atomic E-state index is 0.170. The van der Waals surface area contributed by atoms with E-state index in [2.05, 4.69) is 14.9 Å². The summed E-state index contributed by atoms with van der Waals surface area (Å²) in [6.45, 7) is 7.09. The molecule has 0 aliphatic carbocycles. The van der Waals surface area contributed by atoms with Crippen molar-refractivity contribution in [2.24, 2.45) is 7.05 Å². The van der Waals surface area contributed by atoms with E-state index in [1.807, 2.05) is 55.8 Å².